The Morgan fingerprint density at radius 3 is 0.983 bits per heavy atom. The van der Waals surface area contributed by atoms with Crippen LogP contribution in [-0.2, 0) is 72.3 Å². The summed E-state index contributed by atoms with van der Waals surface area (Å²) in [5.41, 5.74) is -1.05. The predicted molar refractivity (Wildman–Crippen MR) is 218 cm³/mol. The molecule has 2 rings (SSSR count). The van der Waals surface area contributed by atoms with Gasteiger partial charge in [-0.1, -0.05) is 13.8 Å². The molecule has 22 heteroatoms. The smallest absolute Gasteiger partial charge is 0.691 e. The maximum absolute atomic E-state index is 12.4. The van der Waals surface area contributed by atoms with Crippen molar-refractivity contribution in [3.8, 4) is 0 Å². The van der Waals surface area contributed by atoms with Crippen LogP contribution < -0.4 is 0 Å². The normalized spacial score (nSPS) is 18.8. The molecule has 0 saturated carbocycles. The van der Waals surface area contributed by atoms with Crippen LogP contribution in [0.1, 0.15) is 26.7 Å². The Labute approximate surface area is 372 Å². The second-order valence-electron chi connectivity index (χ2n) is 12.6. The third-order valence-corrected chi connectivity index (χ3v) is 8.45. The molecule has 0 amide bonds. The van der Waals surface area contributed by atoms with Crippen LogP contribution in [0.4, 0.5) is 0 Å². The Morgan fingerprint density at radius 2 is 0.767 bits per heavy atom. The number of hydrogen-bond donors (Lipinski definition) is 4. The molecule has 342 valence electrons. The molecule has 0 aromatic carbocycles. The molecule has 20 nitrogen and oxygen atoms in total. The zero-order valence-corrected chi connectivity index (χ0v) is 36.1. The van der Waals surface area contributed by atoms with Gasteiger partial charge in [0.15, 0.2) is 0 Å². The maximum atomic E-state index is 12.4. The molecule has 2 aliphatic heterocycles. The zero-order chi connectivity index (χ0) is 43.1. The summed E-state index contributed by atoms with van der Waals surface area (Å²) in [6, 6.07) is 0. The van der Waals surface area contributed by atoms with E-state index in [9.17, 15) is 39.6 Å². The van der Waals surface area contributed by atoms with E-state index in [0.29, 0.717) is 12.8 Å². The molecule has 0 atom stereocenters. The Morgan fingerprint density at radius 1 is 0.517 bits per heavy atom. The molecule has 0 bridgehead atoms. The first-order valence-corrected chi connectivity index (χ1v) is 18.4. The monoisotopic (exact) mass is 942 g/mol. The summed E-state index contributed by atoms with van der Waals surface area (Å²) in [5.74, 6) is -2.39. The Kier molecular flexibility index (Phi) is 33.0. The van der Waals surface area contributed by atoms with Gasteiger partial charge in [-0.15, -0.1) is 26.2 Å². The molecule has 0 aliphatic carbocycles. The molecule has 2 heterocycles. The summed E-state index contributed by atoms with van der Waals surface area (Å²) in [5, 5.41) is 54.3. The van der Waals surface area contributed by atoms with Gasteiger partial charge in [-0.05, 0) is 12.8 Å². The number of rotatable bonds is 14. The van der Waals surface area contributed by atoms with E-state index in [1.165, 1.54) is 63.9 Å². The zero-order valence-electron chi connectivity index (χ0n) is 34.2. The largest absolute Gasteiger partial charge is 2.00 e. The minimum absolute atomic E-state index is 0. The van der Waals surface area contributed by atoms with Gasteiger partial charge in [0.05, 0.1) is 99.9 Å². The first kappa shape index (κ1) is 57.7. The van der Waals surface area contributed by atoms with Gasteiger partial charge in [0, 0.05) is 24.9 Å². The molecular formula is C38H56Cu2N8O12. The van der Waals surface area contributed by atoms with E-state index in [2.05, 4.69) is 50.7 Å². The number of aliphatic hydroxyl groups is 4. The van der Waals surface area contributed by atoms with Crippen LogP contribution in [0.15, 0.2) is 67.1 Å². The van der Waals surface area contributed by atoms with Crippen LogP contribution >= 0.6 is 0 Å². The van der Waals surface area contributed by atoms with Crippen molar-refractivity contribution >= 4 is 48.7 Å². The quantitative estimate of drug-likeness (QED) is 0.110. The molecule has 2 radical (unpaired) electrons. The summed E-state index contributed by atoms with van der Waals surface area (Å²) in [7, 11) is 2.55. The molecule has 2 aliphatic rings. The van der Waals surface area contributed by atoms with Crippen LogP contribution in [0.5, 0.6) is 0 Å². The standard InChI is InChI=1S/2C19H30N4O6.2Cu/c2*1-3-19(12-24,13-25)14-29-18(27)16-10-22-6-4-20-8-15(17(26)28-2)9-21-5-7-23-11-16;;/h2*8-11,24-25H,3-7,12-14H2,1-2H3,(H2,20,21,22,23,26,27);;/q;;2*+2/p-4. The minimum atomic E-state index is -0.886. The summed E-state index contributed by atoms with van der Waals surface area (Å²) in [6.45, 7) is 4.41. The average molecular weight is 944 g/mol. The van der Waals surface area contributed by atoms with E-state index in [0.717, 1.165) is 0 Å². The van der Waals surface area contributed by atoms with Gasteiger partial charge in [-0.25, -0.2) is 19.2 Å². The fourth-order valence-corrected chi connectivity index (χ4v) is 4.09. The molecule has 0 unspecified atom stereocenters. The fourth-order valence-electron chi connectivity index (χ4n) is 4.09. The van der Waals surface area contributed by atoms with E-state index < -0.39 is 34.7 Å². The van der Waals surface area contributed by atoms with Crippen LogP contribution in [-0.4, -0.2) is 175 Å². The first-order chi connectivity index (χ1) is 28.0. The van der Waals surface area contributed by atoms with Gasteiger partial charge in [-0.2, -0.15) is 24.8 Å². The van der Waals surface area contributed by atoms with E-state index in [1.807, 2.05) is 0 Å². The molecule has 0 saturated heterocycles. The summed E-state index contributed by atoms with van der Waals surface area (Å²) in [4.78, 5) is 64.5. The second kappa shape index (κ2) is 34.3. The SMILES string of the molecule is CCC(CO)(CO)COC(=O)/C1=C/[N-]CC[N-]/C=C(/C(=O)OC)C=NCCN=C1.CCC(CO)(CO)COC(=O)/C1=C/[N-]CC[N-]/C=C(/C(=O)OC)C=NCCN=C1.[Cu+2].[Cu+2]. The molecular weight excluding hydrogens is 888 g/mol. The van der Waals surface area contributed by atoms with Crippen LogP contribution in [0, 0.1) is 10.8 Å². The summed E-state index contributed by atoms with van der Waals surface area (Å²) < 4.78 is 19.8. The van der Waals surface area contributed by atoms with Gasteiger partial charge in [0.25, 0.3) is 0 Å². The van der Waals surface area contributed by atoms with Gasteiger partial charge in [0.2, 0.25) is 0 Å². The van der Waals surface area contributed by atoms with Crippen LogP contribution in [0.2, 0.25) is 0 Å². The molecule has 60 heavy (non-hydrogen) atoms. The maximum Gasteiger partial charge on any atom is 2.00 e. The summed E-state index contributed by atoms with van der Waals surface area (Å²) in [6.07, 6.45) is 11.7. The number of esters is 4. The number of nitrogens with zero attached hydrogens (tertiary/aromatic N) is 8. The van der Waals surface area contributed by atoms with Crippen molar-refractivity contribution < 1.29 is 92.7 Å². The molecule has 4 N–H and O–H groups in total. The van der Waals surface area contributed by atoms with Gasteiger partial charge >= 0.3 is 58.0 Å². The van der Waals surface area contributed by atoms with Crippen LogP contribution in [0.3, 0.4) is 0 Å². The van der Waals surface area contributed by atoms with Gasteiger partial charge in [-0.3, -0.25) is 20.0 Å². The first-order valence-electron chi connectivity index (χ1n) is 18.4. The van der Waals surface area contributed by atoms with Gasteiger partial charge < -0.3 is 60.6 Å². The number of hydrogen-bond acceptors (Lipinski definition) is 16. The van der Waals surface area contributed by atoms with Crippen molar-refractivity contribution in [1.82, 2.24) is 0 Å². The Bertz CT molecular complexity index is 1410. The summed E-state index contributed by atoms with van der Waals surface area (Å²) >= 11 is 0. The predicted octanol–water partition coefficient (Wildman–Crippen LogP) is 1.50. The van der Waals surface area contributed by atoms with E-state index >= 15 is 0 Å². The van der Waals surface area contributed by atoms with E-state index in [4.69, 9.17) is 9.47 Å². The number of carbonyl (C=O) groups excluding carboxylic acids is 4. The van der Waals surface area contributed by atoms with Crippen molar-refractivity contribution in [1.29, 1.82) is 0 Å². The van der Waals surface area contributed by atoms with E-state index in [-0.39, 0.29) is 148 Å². The topological polar surface area (TPSA) is 292 Å². The number of methoxy groups -OCH3 is 2. The average Bonchev–Trinajstić information content (AvgIpc) is 3.25. The van der Waals surface area contributed by atoms with Crippen molar-refractivity contribution in [3.05, 3.63) is 68.4 Å². The number of ether oxygens (including phenoxy) is 4. The number of aliphatic hydroxyl groups excluding tert-OH is 4. The van der Waals surface area contributed by atoms with Gasteiger partial charge in [0.1, 0.15) is 13.2 Å². The molecule has 0 fully saturated rings. The van der Waals surface area contributed by atoms with Crippen molar-refractivity contribution in [3.63, 3.8) is 0 Å². The number of carbonyl (C=O) groups is 4. The Hall–Kier alpha value is -4.40. The molecule has 0 spiro atoms. The van der Waals surface area contributed by atoms with Crippen molar-refractivity contribution in [2.24, 2.45) is 30.8 Å². The third kappa shape index (κ3) is 22.3. The third-order valence-electron chi connectivity index (χ3n) is 8.45. The molecule has 0 aromatic heterocycles. The van der Waals surface area contributed by atoms with Crippen LogP contribution in [0.25, 0.3) is 21.3 Å². The Balaban J connectivity index is 0. The minimum Gasteiger partial charge on any atom is -0.691 e. The van der Waals surface area contributed by atoms with Crippen molar-refractivity contribution in [2.45, 2.75) is 26.7 Å². The fraction of sp³-hybridized carbons (Fsp3) is 0.579. The van der Waals surface area contributed by atoms with Crippen molar-refractivity contribution in [2.75, 3.05) is 106 Å². The molecule has 0 aromatic rings. The van der Waals surface area contributed by atoms with E-state index in [1.54, 1.807) is 13.8 Å². The second-order valence-corrected chi connectivity index (χ2v) is 12.6. The number of aliphatic imine (C=N–C) groups is 4.